The van der Waals surface area contributed by atoms with Crippen LogP contribution >= 0.6 is 11.9 Å². The zero-order chi connectivity index (χ0) is 22.9. The van der Waals surface area contributed by atoms with Crippen molar-refractivity contribution in [3.8, 4) is 5.75 Å². The lowest BCUT2D eigenvalue weighted by molar-refractivity contribution is -0.124. The first-order valence-corrected chi connectivity index (χ1v) is 12.5. The number of hydrogen-bond donors (Lipinski definition) is 2. The molecule has 1 saturated carbocycles. The highest BCUT2D eigenvalue weighted by Gasteiger charge is 2.22. The first kappa shape index (κ1) is 27.2. The van der Waals surface area contributed by atoms with Crippen LogP contribution in [0.4, 0.5) is 0 Å². The molecule has 0 aliphatic heterocycles. The summed E-state index contributed by atoms with van der Waals surface area (Å²) in [5, 5.41) is 2.67. The minimum atomic E-state index is -0.123. The summed E-state index contributed by atoms with van der Waals surface area (Å²) in [5.74, 6) is 2.55. The first-order chi connectivity index (χ1) is 15.1. The molecule has 0 aromatic heterocycles. The molecule has 0 radical (unpaired) electrons. The van der Waals surface area contributed by atoms with Crippen LogP contribution in [0.3, 0.4) is 0 Å². The highest BCUT2D eigenvalue weighted by molar-refractivity contribution is 7.97. The van der Waals surface area contributed by atoms with Gasteiger partial charge in [-0.3, -0.25) is 9.52 Å². The van der Waals surface area contributed by atoms with Crippen LogP contribution in [-0.2, 0) is 9.59 Å². The summed E-state index contributed by atoms with van der Waals surface area (Å²) in [4.78, 5) is 22.4. The molecule has 0 saturated heterocycles. The van der Waals surface area contributed by atoms with Crippen molar-refractivity contribution in [3.05, 3.63) is 42.0 Å². The normalized spacial score (nSPS) is 15.0. The van der Waals surface area contributed by atoms with Gasteiger partial charge in [0, 0.05) is 31.2 Å². The van der Waals surface area contributed by atoms with E-state index in [9.17, 15) is 9.59 Å². The van der Waals surface area contributed by atoms with Crippen molar-refractivity contribution in [2.75, 3.05) is 19.4 Å². The minimum Gasteiger partial charge on any atom is -0.493 e. The highest BCUT2D eigenvalue weighted by Crippen LogP contribution is 2.30. The van der Waals surface area contributed by atoms with Gasteiger partial charge >= 0.3 is 0 Å². The second kappa shape index (κ2) is 16.8. The lowest BCUT2D eigenvalue weighted by Crippen LogP contribution is -2.27. The van der Waals surface area contributed by atoms with Gasteiger partial charge in [-0.15, -0.1) is 0 Å². The van der Waals surface area contributed by atoms with Gasteiger partial charge in [0.15, 0.2) is 0 Å². The summed E-state index contributed by atoms with van der Waals surface area (Å²) in [6.07, 6.45) is 10.3. The van der Waals surface area contributed by atoms with Crippen molar-refractivity contribution < 1.29 is 14.3 Å². The monoisotopic (exact) mass is 448 g/mol. The van der Waals surface area contributed by atoms with E-state index < -0.39 is 0 Å². The largest absolute Gasteiger partial charge is 0.493 e. The number of aldehydes is 1. The quantitative estimate of drug-likeness (QED) is 0.161. The van der Waals surface area contributed by atoms with Gasteiger partial charge in [0.2, 0.25) is 5.91 Å². The summed E-state index contributed by atoms with van der Waals surface area (Å²) < 4.78 is 9.35. The average molecular weight is 449 g/mol. The Morgan fingerprint density at radius 3 is 2.71 bits per heavy atom. The maximum atomic E-state index is 11.8. The van der Waals surface area contributed by atoms with Crippen LogP contribution in [0.1, 0.15) is 70.9 Å². The second-order valence-corrected chi connectivity index (χ2v) is 8.50. The molecular formula is C25H40N2O3S. The number of nitrogens with one attached hydrogen (secondary N) is 2. The van der Waals surface area contributed by atoms with E-state index in [2.05, 4.69) is 47.3 Å². The van der Waals surface area contributed by atoms with E-state index in [0.29, 0.717) is 19.3 Å². The van der Waals surface area contributed by atoms with Gasteiger partial charge in [-0.2, -0.15) is 0 Å². The highest BCUT2D eigenvalue weighted by atomic mass is 32.2. The maximum absolute atomic E-state index is 11.8. The van der Waals surface area contributed by atoms with Crippen molar-refractivity contribution in [1.29, 1.82) is 0 Å². The van der Waals surface area contributed by atoms with E-state index in [0.717, 1.165) is 36.7 Å². The summed E-state index contributed by atoms with van der Waals surface area (Å²) >= 11 is 1.71. The van der Waals surface area contributed by atoms with Crippen LogP contribution in [0.15, 0.2) is 36.4 Å². The molecule has 174 valence electrons. The van der Waals surface area contributed by atoms with Crippen molar-refractivity contribution in [2.45, 2.75) is 65.3 Å². The smallest absolute Gasteiger partial charge is 0.223 e. The van der Waals surface area contributed by atoms with Gasteiger partial charge in [0.1, 0.15) is 12.0 Å². The van der Waals surface area contributed by atoms with Crippen LogP contribution in [0.2, 0.25) is 0 Å². The van der Waals surface area contributed by atoms with Crippen LogP contribution < -0.4 is 14.8 Å². The Kier molecular flexibility index (Phi) is 14.8. The summed E-state index contributed by atoms with van der Waals surface area (Å²) in [7, 11) is 1.64. The number of benzene rings is 1. The molecule has 31 heavy (non-hydrogen) atoms. The Bertz CT molecular complexity index is 662. The Labute approximate surface area is 192 Å². The number of allylic oxidation sites excluding steroid dienone is 2. The number of carbonyl (C=O) groups is 2. The predicted molar refractivity (Wildman–Crippen MR) is 131 cm³/mol. The van der Waals surface area contributed by atoms with Crippen molar-refractivity contribution in [3.63, 3.8) is 0 Å². The Morgan fingerprint density at radius 2 is 2.03 bits per heavy atom. The van der Waals surface area contributed by atoms with Crippen LogP contribution in [0, 0.1) is 11.8 Å². The minimum absolute atomic E-state index is 0.00436. The SMILES string of the molecule is CC.CNC(=O)C(C/C=C/CCSNC(C)c1cccc(OCC2CC2)c1)CCC=O. The van der Waals surface area contributed by atoms with E-state index in [1.165, 1.54) is 18.4 Å². The Hall–Kier alpha value is -1.79. The zero-order valence-corrected chi connectivity index (χ0v) is 20.4. The van der Waals surface area contributed by atoms with Gasteiger partial charge in [-0.05, 0) is 62.6 Å². The lowest BCUT2D eigenvalue weighted by Gasteiger charge is -2.15. The van der Waals surface area contributed by atoms with Crippen LogP contribution in [-0.4, -0.2) is 31.6 Å². The molecule has 1 aromatic carbocycles. The number of rotatable bonds is 15. The van der Waals surface area contributed by atoms with E-state index >= 15 is 0 Å². The third-order valence-corrected chi connectivity index (χ3v) is 5.98. The topological polar surface area (TPSA) is 67.4 Å². The molecule has 1 fully saturated rings. The van der Waals surface area contributed by atoms with Gasteiger partial charge in [-0.1, -0.05) is 50.1 Å². The fraction of sp³-hybridized carbons (Fsp3) is 0.600. The zero-order valence-electron chi connectivity index (χ0n) is 19.6. The predicted octanol–water partition coefficient (Wildman–Crippen LogP) is 5.48. The lowest BCUT2D eigenvalue weighted by atomic mass is 9.98. The second-order valence-electron chi connectivity index (χ2n) is 7.57. The van der Waals surface area contributed by atoms with Gasteiger partial charge in [-0.25, -0.2) is 0 Å². The van der Waals surface area contributed by atoms with Crippen LogP contribution in [0.25, 0.3) is 0 Å². The van der Waals surface area contributed by atoms with E-state index in [-0.39, 0.29) is 17.9 Å². The molecule has 2 N–H and O–H groups in total. The molecule has 1 aliphatic carbocycles. The molecule has 5 nitrogen and oxygen atoms in total. The van der Waals surface area contributed by atoms with Crippen molar-refractivity contribution >= 4 is 24.1 Å². The van der Waals surface area contributed by atoms with Crippen molar-refractivity contribution in [1.82, 2.24) is 10.0 Å². The fourth-order valence-corrected chi connectivity index (χ4v) is 3.72. The van der Waals surface area contributed by atoms with E-state index in [1.807, 2.05) is 19.9 Å². The standard InChI is InChI=1S/C23H34N2O3S.C2H6/c1-18(21-9-6-11-22(16-21)28-17-19-12-13-19)25-29-15-5-3-4-8-20(10-7-14-26)23(27)24-2;1-2/h3-4,6,9,11,14,16,18-20,25H,5,7-8,10,12-13,15,17H2,1-2H3,(H,24,27);1-2H3/b4-3+;. The first-order valence-electron chi connectivity index (χ1n) is 11.5. The molecule has 1 amide bonds. The van der Waals surface area contributed by atoms with Crippen molar-refractivity contribution in [2.24, 2.45) is 11.8 Å². The van der Waals surface area contributed by atoms with Gasteiger partial charge in [0.25, 0.3) is 0 Å². The summed E-state index contributed by atoms with van der Waals surface area (Å²) in [6, 6.07) is 8.57. The van der Waals surface area contributed by atoms with Gasteiger partial charge < -0.3 is 14.8 Å². The van der Waals surface area contributed by atoms with E-state index in [1.54, 1.807) is 19.0 Å². The number of carbonyl (C=O) groups excluding carboxylic acids is 2. The summed E-state index contributed by atoms with van der Waals surface area (Å²) in [5.41, 5.74) is 1.23. The van der Waals surface area contributed by atoms with Crippen LogP contribution in [0.5, 0.6) is 5.75 Å². The number of ether oxygens (including phenoxy) is 1. The maximum Gasteiger partial charge on any atom is 0.223 e. The van der Waals surface area contributed by atoms with E-state index in [4.69, 9.17) is 4.74 Å². The molecule has 1 aromatic rings. The average Bonchev–Trinajstić information content (AvgIpc) is 3.64. The molecule has 0 spiro atoms. The number of hydrogen-bond acceptors (Lipinski definition) is 5. The molecule has 0 heterocycles. The van der Waals surface area contributed by atoms with Gasteiger partial charge in [0.05, 0.1) is 6.61 Å². The fourth-order valence-electron chi connectivity index (χ4n) is 2.96. The third kappa shape index (κ3) is 12.0. The molecular weight excluding hydrogens is 408 g/mol. The Balaban J connectivity index is 0.00000233. The Morgan fingerprint density at radius 1 is 1.26 bits per heavy atom. The molecule has 1 aliphatic rings. The summed E-state index contributed by atoms with van der Waals surface area (Å²) in [6.45, 7) is 6.99. The molecule has 2 unspecified atom stereocenters. The molecule has 2 atom stereocenters. The number of amides is 1. The third-order valence-electron chi connectivity index (χ3n) is 5.02. The molecule has 2 rings (SSSR count). The molecule has 6 heteroatoms. The molecule has 0 bridgehead atoms.